The molecule has 182 valence electrons. The Morgan fingerprint density at radius 2 is 1.42 bits per heavy atom. The Morgan fingerprint density at radius 3 is 1.91 bits per heavy atom. The molecule has 0 aliphatic heterocycles. The maximum Gasteiger partial charge on any atom is 0.327 e. The minimum absolute atomic E-state index is 0.0264. The number of carbonyl (C=O) groups excluding carboxylic acids is 4. The third kappa shape index (κ3) is 9.34. The second-order valence-corrected chi connectivity index (χ2v) is 7.40. The number of amides is 4. The van der Waals surface area contributed by atoms with Crippen molar-refractivity contribution in [3.05, 3.63) is 29.8 Å². The number of carbonyl (C=O) groups is 5. The number of hydrogen-bond donors (Lipinski definition) is 9. The van der Waals surface area contributed by atoms with E-state index in [9.17, 15) is 29.1 Å². The predicted molar refractivity (Wildman–Crippen MR) is 118 cm³/mol. The van der Waals surface area contributed by atoms with Crippen molar-refractivity contribution in [2.45, 2.75) is 37.0 Å². The van der Waals surface area contributed by atoms with E-state index in [1.54, 1.807) is 0 Å². The van der Waals surface area contributed by atoms with Crippen LogP contribution in [-0.4, -0.2) is 81.4 Å². The van der Waals surface area contributed by atoms with Gasteiger partial charge in [-0.1, -0.05) is 12.1 Å². The van der Waals surface area contributed by atoms with Gasteiger partial charge in [0.25, 0.3) is 0 Å². The molecule has 0 radical (unpaired) electrons. The molecule has 0 aliphatic rings. The molecule has 1 rings (SSSR count). The zero-order valence-corrected chi connectivity index (χ0v) is 18.3. The second-order valence-electron chi connectivity index (χ2n) is 7.03. The van der Waals surface area contributed by atoms with Crippen LogP contribution < -0.4 is 27.4 Å². The lowest BCUT2D eigenvalue weighted by Crippen LogP contribution is -2.58. The van der Waals surface area contributed by atoms with Gasteiger partial charge in [-0.25, -0.2) is 4.79 Å². The predicted octanol–water partition coefficient (Wildman–Crippen LogP) is -3.40. The highest BCUT2D eigenvalue weighted by molar-refractivity contribution is 7.80. The first-order valence-electron chi connectivity index (χ1n) is 9.65. The molecule has 0 spiro atoms. The minimum atomic E-state index is -1.54. The zero-order valence-electron chi connectivity index (χ0n) is 17.4. The Hall–Kier alpha value is -3.36. The lowest BCUT2D eigenvalue weighted by molar-refractivity contribution is -0.141. The molecule has 4 unspecified atom stereocenters. The van der Waals surface area contributed by atoms with E-state index in [2.05, 4.69) is 28.6 Å². The Balaban J connectivity index is 3.09. The number of nitrogens with two attached hydrogens (primary N) is 2. The van der Waals surface area contributed by atoms with Gasteiger partial charge in [0.15, 0.2) is 0 Å². The summed E-state index contributed by atoms with van der Waals surface area (Å²) in [6.45, 7) is -0.688. The van der Waals surface area contributed by atoms with Crippen molar-refractivity contribution in [2.75, 3.05) is 12.4 Å². The summed E-state index contributed by atoms with van der Waals surface area (Å²) >= 11 is 3.83. The minimum Gasteiger partial charge on any atom is -0.508 e. The van der Waals surface area contributed by atoms with Gasteiger partial charge in [-0.2, -0.15) is 12.6 Å². The van der Waals surface area contributed by atoms with Crippen molar-refractivity contribution >= 4 is 42.2 Å². The monoisotopic (exact) mass is 485 g/mol. The fraction of sp³-hybridized carbons (Fsp3) is 0.421. The molecule has 10 N–H and O–H groups in total. The number of hydrogen-bond acceptors (Lipinski definition) is 9. The molecule has 4 atom stereocenters. The van der Waals surface area contributed by atoms with Crippen LogP contribution in [0.5, 0.6) is 5.75 Å². The molecule has 1 aromatic rings. The van der Waals surface area contributed by atoms with Crippen LogP contribution >= 0.6 is 12.6 Å². The van der Waals surface area contributed by atoms with Crippen molar-refractivity contribution in [1.29, 1.82) is 0 Å². The largest absolute Gasteiger partial charge is 0.508 e. The fourth-order valence-corrected chi connectivity index (χ4v) is 2.83. The Kier molecular flexibility index (Phi) is 11.1. The van der Waals surface area contributed by atoms with Crippen molar-refractivity contribution < 1.29 is 39.3 Å². The van der Waals surface area contributed by atoms with Crippen molar-refractivity contribution in [3.63, 3.8) is 0 Å². The molecular formula is C19H27N5O8S. The van der Waals surface area contributed by atoms with Gasteiger partial charge in [0, 0.05) is 12.2 Å². The zero-order chi connectivity index (χ0) is 25.1. The number of nitrogens with one attached hydrogen (secondary N) is 3. The number of phenols is 1. The van der Waals surface area contributed by atoms with Gasteiger partial charge >= 0.3 is 5.97 Å². The van der Waals surface area contributed by atoms with Crippen LogP contribution in [0.1, 0.15) is 12.0 Å². The molecule has 0 heterocycles. The van der Waals surface area contributed by atoms with Crippen LogP contribution in [-0.2, 0) is 30.4 Å². The highest BCUT2D eigenvalue weighted by Gasteiger charge is 2.31. The highest BCUT2D eigenvalue weighted by atomic mass is 32.1. The Bertz CT molecular complexity index is 866. The number of carboxylic acid groups (broad SMARTS) is 1. The van der Waals surface area contributed by atoms with Crippen molar-refractivity contribution in [1.82, 2.24) is 16.0 Å². The van der Waals surface area contributed by atoms with Crippen LogP contribution in [0.2, 0.25) is 0 Å². The average molecular weight is 486 g/mol. The van der Waals surface area contributed by atoms with E-state index in [0.717, 1.165) is 0 Å². The molecule has 0 aliphatic carbocycles. The number of carboxylic acids is 1. The number of benzene rings is 1. The molecule has 0 fully saturated rings. The highest BCUT2D eigenvalue weighted by Crippen LogP contribution is 2.12. The normalized spacial score (nSPS) is 14.3. The summed E-state index contributed by atoms with van der Waals surface area (Å²) in [5.41, 5.74) is 11.1. The van der Waals surface area contributed by atoms with E-state index in [-0.39, 0.29) is 17.9 Å². The van der Waals surface area contributed by atoms with E-state index in [1.807, 2.05) is 0 Å². The van der Waals surface area contributed by atoms with E-state index < -0.39 is 66.8 Å². The first-order chi connectivity index (χ1) is 15.5. The molecule has 0 saturated carbocycles. The molecule has 33 heavy (non-hydrogen) atoms. The summed E-state index contributed by atoms with van der Waals surface area (Å²) in [5, 5.41) is 34.3. The van der Waals surface area contributed by atoms with Crippen molar-refractivity contribution in [3.8, 4) is 5.75 Å². The third-order valence-corrected chi connectivity index (χ3v) is 4.74. The molecular weight excluding hydrogens is 458 g/mol. The maximum atomic E-state index is 12.9. The Morgan fingerprint density at radius 1 is 0.909 bits per heavy atom. The van der Waals surface area contributed by atoms with E-state index >= 15 is 0 Å². The first kappa shape index (κ1) is 27.7. The molecule has 0 aromatic heterocycles. The van der Waals surface area contributed by atoms with Crippen LogP contribution in [0.15, 0.2) is 24.3 Å². The lowest BCUT2D eigenvalue weighted by Gasteiger charge is -2.24. The van der Waals surface area contributed by atoms with Crippen LogP contribution in [0.4, 0.5) is 0 Å². The molecule has 0 saturated heterocycles. The average Bonchev–Trinajstić information content (AvgIpc) is 2.76. The third-order valence-electron chi connectivity index (χ3n) is 4.38. The smallest absolute Gasteiger partial charge is 0.327 e. The standard InChI is InChI=1S/C19H27N5O8S/c20-11(7-25)16(28)22-12(5-9-1-3-10(26)4-2-9)17(29)23-13(6-15(21)27)18(30)24-14(8-33)19(31)32/h1-4,11-14,25-26,33H,5-8,20H2,(H2,21,27)(H,22,28)(H,23,29)(H,24,30)(H,31,32). The molecule has 13 nitrogen and oxygen atoms in total. The van der Waals surface area contributed by atoms with Gasteiger partial charge < -0.3 is 42.7 Å². The summed E-state index contributed by atoms with van der Waals surface area (Å²) < 4.78 is 0. The number of aromatic hydroxyl groups is 1. The van der Waals surface area contributed by atoms with Crippen molar-refractivity contribution in [2.24, 2.45) is 11.5 Å². The van der Waals surface area contributed by atoms with Crippen LogP contribution in [0, 0.1) is 0 Å². The van der Waals surface area contributed by atoms with E-state index in [0.29, 0.717) is 5.56 Å². The van der Waals surface area contributed by atoms with Crippen LogP contribution in [0.3, 0.4) is 0 Å². The van der Waals surface area contributed by atoms with E-state index in [1.165, 1.54) is 24.3 Å². The molecule has 14 heteroatoms. The number of aliphatic hydroxyl groups excluding tert-OH is 1. The summed E-state index contributed by atoms with van der Waals surface area (Å²) in [6, 6.07) is 0.151. The summed E-state index contributed by atoms with van der Waals surface area (Å²) in [6.07, 6.45) is -0.748. The summed E-state index contributed by atoms with van der Waals surface area (Å²) in [7, 11) is 0. The van der Waals surface area contributed by atoms with Gasteiger partial charge in [0.05, 0.1) is 13.0 Å². The van der Waals surface area contributed by atoms with Gasteiger partial charge in [-0.3, -0.25) is 19.2 Å². The first-order valence-corrected chi connectivity index (χ1v) is 10.3. The summed E-state index contributed by atoms with van der Waals surface area (Å²) in [4.78, 5) is 60.1. The van der Waals surface area contributed by atoms with Gasteiger partial charge in [-0.15, -0.1) is 0 Å². The molecule has 1 aromatic carbocycles. The Labute approximate surface area is 194 Å². The maximum absolute atomic E-state index is 12.9. The number of phenolic OH excluding ortho intramolecular Hbond substituents is 1. The fourth-order valence-electron chi connectivity index (χ4n) is 2.58. The van der Waals surface area contributed by atoms with Gasteiger partial charge in [-0.05, 0) is 17.7 Å². The molecule has 4 amide bonds. The number of aliphatic hydroxyl groups is 1. The number of primary amides is 1. The quantitative estimate of drug-likeness (QED) is 0.126. The number of aliphatic carboxylic acids is 1. The summed E-state index contributed by atoms with van der Waals surface area (Å²) in [5.74, 6) is -5.36. The second kappa shape index (κ2) is 13.2. The lowest BCUT2D eigenvalue weighted by atomic mass is 10.0. The topological polar surface area (TPSA) is 234 Å². The number of thiol groups is 1. The van der Waals surface area contributed by atoms with E-state index in [4.69, 9.17) is 21.7 Å². The van der Waals surface area contributed by atoms with Gasteiger partial charge in [0.2, 0.25) is 23.6 Å². The molecule has 0 bridgehead atoms. The van der Waals surface area contributed by atoms with Gasteiger partial charge in [0.1, 0.15) is 29.9 Å². The van der Waals surface area contributed by atoms with Crippen LogP contribution in [0.25, 0.3) is 0 Å². The SMILES string of the molecule is NC(=O)CC(NC(=O)C(Cc1ccc(O)cc1)NC(=O)C(N)CO)C(=O)NC(CS)C(=O)O. The number of rotatable bonds is 13.